The summed E-state index contributed by atoms with van der Waals surface area (Å²) in [5.74, 6) is 0. The van der Waals surface area contributed by atoms with E-state index in [-0.39, 0.29) is 12.6 Å². The van der Waals surface area contributed by atoms with Crippen LogP contribution in [-0.2, 0) is 4.74 Å². The first-order chi connectivity index (χ1) is 8.17. The van der Waals surface area contributed by atoms with Gasteiger partial charge in [-0.25, -0.2) is 0 Å². The molecular formula is C13H26N2O2. The maximum atomic E-state index is 9.33. The molecule has 1 aliphatic carbocycles. The molecular weight excluding hydrogens is 216 g/mol. The van der Waals surface area contributed by atoms with E-state index in [9.17, 15) is 5.11 Å². The minimum absolute atomic E-state index is 0.256. The SMILES string of the molecule is CC1CN(CCC(CO)NC2CC2)CC(C)O1. The molecule has 2 fully saturated rings. The summed E-state index contributed by atoms with van der Waals surface area (Å²) in [5.41, 5.74) is 0. The van der Waals surface area contributed by atoms with Crippen LogP contribution >= 0.6 is 0 Å². The Labute approximate surface area is 104 Å². The number of nitrogens with one attached hydrogen (secondary N) is 1. The minimum atomic E-state index is 0.256. The van der Waals surface area contributed by atoms with Gasteiger partial charge in [-0.3, -0.25) is 4.90 Å². The lowest BCUT2D eigenvalue weighted by Crippen LogP contribution is -2.47. The Kier molecular flexibility index (Phi) is 4.79. The molecule has 100 valence electrons. The van der Waals surface area contributed by atoms with E-state index in [0.29, 0.717) is 18.2 Å². The van der Waals surface area contributed by atoms with Crippen LogP contribution in [0.15, 0.2) is 0 Å². The fourth-order valence-electron chi connectivity index (χ4n) is 2.62. The molecule has 0 bridgehead atoms. The summed E-state index contributed by atoms with van der Waals surface area (Å²) in [4.78, 5) is 2.45. The van der Waals surface area contributed by atoms with Crippen LogP contribution in [0.2, 0.25) is 0 Å². The summed E-state index contributed by atoms with van der Waals surface area (Å²) in [6.45, 7) is 7.62. The molecule has 3 atom stereocenters. The lowest BCUT2D eigenvalue weighted by molar-refractivity contribution is -0.0688. The normalized spacial score (nSPS) is 32.6. The Bertz CT molecular complexity index is 223. The van der Waals surface area contributed by atoms with E-state index in [1.54, 1.807) is 0 Å². The molecule has 0 aromatic carbocycles. The van der Waals surface area contributed by atoms with E-state index in [0.717, 1.165) is 26.1 Å². The maximum Gasteiger partial charge on any atom is 0.0678 e. The molecule has 4 nitrogen and oxygen atoms in total. The number of nitrogens with zero attached hydrogens (tertiary/aromatic N) is 1. The highest BCUT2D eigenvalue weighted by Crippen LogP contribution is 2.20. The fourth-order valence-corrected chi connectivity index (χ4v) is 2.62. The molecule has 1 heterocycles. The Morgan fingerprint density at radius 1 is 1.29 bits per heavy atom. The zero-order chi connectivity index (χ0) is 12.3. The van der Waals surface area contributed by atoms with Crippen molar-refractivity contribution in [3.05, 3.63) is 0 Å². The predicted octanol–water partition coefficient (Wildman–Crippen LogP) is 0.599. The third-order valence-electron chi connectivity index (χ3n) is 3.56. The summed E-state index contributed by atoms with van der Waals surface area (Å²) < 4.78 is 5.72. The van der Waals surface area contributed by atoms with Gasteiger partial charge in [0.1, 0.15) is 0 Å². The van der Waals surface area contributed by atoms with Crippen molar-refractivity contribution in [3.8, 4) is 0 Å². The first-order valence-electron chi connectivity index (χ1n) is 6.92. The Balaban J connectivity index is 1.68. The molecule has 0 aromatic heterocycles. The molecule has 0 spiro atoms. The van der Waals surface area contributed by atoms with Crippen molar-refractivity contribution in [3.63, 3.8) is 0 Å². The third-order valence-corrected chi connectivity index (χ3v) is 3.56. The summed E-state index contributed by atoms with van der Waals surface area (Å²) in [6.07, 6.45) is 4.27. The Morgan fingerprint density at radius 3 is 2.47 bits per heavy atom. The second-order valence-electron chi connectivity index (χ2n) is 5.63. The van der Waals surface area contributed by atoms with Crippen LogP contribution in [0, 0.1) is 0 Å². The molecule has 17 heavy (non-hydrogen) atoms. The lowest BCUT2D eigenvalue weighted by atomic mass is 10.1. The number of hydrogen-bond acceptors (Lipinski definition) is 4. The molecule has 1 aliphatic heterocycles. The van der Waals surface area contributed by atoms with Crippen LogP contribution in [0.25, 0.3) is 0 Å². The highest BCUT2D eigenvalue weighted by atomic mass is 16.5. The van der Waals surface area contributed by atoms with Gasteiger partial charge in [0, 0.05) is 25.2 Å². The molecule has 0 amide bonds. The van der Waals surface area contributed by atoms with Gasteiger partial charge in [-0.05, 0) is 39.7 Å². The zero-order valence-corrected chi connectivity index (χ0v) is 11.1. The zero-order valence-electron chi connectivity index (χ0n) is 11.1. The molecule has 2 aliphatic rings. The predicted molar refractivity (Wildman–Crippen MR) is 68.1 cm³/mol. The number of hydrogen-bond donors (Lipinski definition) is 2. The van der Waals surface area contributed by atoms with Gasteiger partial charge in [-0.2, -0.15) is 0 Å². The molecule has 3 unspecified atom stereocenters. The van der Waals surface area contributed by atoms with Gasteiger partial charge in [-0.15, -0.1) is 0 Å². The Hall–Kier alpha value is -0.160. The summed E-state index contributed by atoms with van der Waals surface area (Å²) >= 11 is 0. The van der Waals surface area contributed by atoms with Gasteiger partial charge in [-0.1, -0.05) is 0 Å². The van der Waals surface area contributed by atoms with E-state index < -0.39 is 0 Å². The van der Waals surface area contributed by atoms with Crippen molar-refractivity contribution >= 4 is 0 Å². The molecule has 1 saturated heterocycles. The second kappa shape index (κ2) is 6.14. The summed E-state index contributed by atoms with van der Waals surface area (Å²) in [6, 6.07) is 0.950. The number of morpholine rings is 1. The van der Waals surface area contributed by atoms with Crippen molar-refractivity contribution in [2.24, 2.45) is 0 Å². The van der Waals surface area contributed by atoms with Crippen molar-refractivity contribution in [2.75, 3.05) is 26.2 Å². The third kappa shape index (κ3) is 4.54. The number of aliphatic hydroxyl groups is 1. The van der Waals surface area contributed by atoms with Crippen LogP contribution in [0.3, 0.4) is 0 Å². The number of rotatable bonds is 6. The van der Waals surface area contributed by atoms with Crippen molar-refractivity contribution in [2.45, 2.75) is 57.4 Å². The van der Waals surface area contributed by atoms with Crippen LogP contribution < -0.4 is 5.32 Å². The molecule has 1 saturated carbocycles. The van der Waals surface area contributed by atoms with E-state index in [1.807, 2.05) is 0 Å². The maximum absolute atomic E-state index is 9.33. The molecule has 2 rings (SSSR count). The fraction of sp³-hybridized carbons (Fsp3) is 1.00. The average molecular weight is 242 g/mol. The molecule has 4 heteroatoms. The van der Waals surface area contributed by atoms with Crippen LogP contribution in [0.5, 0.6) is 0 Å². The van der Waals surface area contributed by atoms with Crippen molar-refractivity contribution in [1.82, 2.24) is 10.2 Å². The summed E-state index contributed by atoms with van der Waals surface area (Å²) in [5, 5.41) is 12.8. The van der Waals surface area contributed by atoms with E-state index in [4.69, 9.17) is 4.74 Å². The monoisotopic (exact) mass is 242 g/mol. The highest BCUT2D eigenvalue weighted by Gasteiger charge is 2.26. The second-order valence-corrected chi connectivity index (χ2v) is 5.63. The van der Waals surface area contributed by atoms with Gasteiger partial charge in [0.2, 0.25) is 0 Å². The summed E-state index contributed by atoms with van der Waals surface area (Å²) in [7, 11) is 0. The Morgan fingerprint density at radius 2 is 1.94 bits per heavy atom. The lowest BCUT2D eigenvalue weighted by Gasteiger charge is -2.36. The molecule has 0 radical (unpaired) electrons. The first kappa shape index (κ1) is 13.3. The number of aliphatic hydroxyl groups excluding tert-OH is 1. The van der Waals surface area contributed by atoms with Gasteiger partial charge < -0.3 is 15.2 Å². The highest BCUT2D eigenvalue weighted by molar-refractivity contribution is 4.85. The van der Waals surface area contributed by atoms with Crippen LogP contribution in [-0.4, -0.2) is 60.5 Å². The van der Waals surface area contributed by atoms with E-state index in [2.05, 4.69) is 24.1 Å². The first-order valence-corrected chi connectivity index (χ1v) is 6.92. The van der Waals surface area contributed by atoms with Gasteiger partial charge in [0.25, 0.3) is 0 Å². The topological polar surface area (TPSA) is 44.7 Å². The largest absolute Gasteiger partial charge is 0.395 e. The van der Waals surface area contributed by atoms with E-state index >= 15 is 0 Å². The van der Waals surface area contributed by atoms with Crippen molar-refractivity contribution < 1.29 is 9.84 Å². The standard InChI is InChI=1S/C13H26N2O2/c1-10-7-15(8-11(2)17-10)6-5-13(9-16)14-12-3-4-12/h10-14,16H,3-9H2,1-2H3. The van der Waals surface area contributed by atoms with E-state index in [1.165, 1.54) is 12.8 Å². The van der Waals surface area contributed by atoms with Gasteiger partial charge in [0.05, 0.1) is 18.8 Å². The smallest absolute Gasteiger partial charge is 0.0678 e. The number of ether oxygens (including phenoxy) is 1. The average Bonchev–Trinajstić information content (AvgIpc) is 3.06. The minimum Gasteiger partial charge on any atom is -0.395 e. The molecule has 0 aromatic rings. The van der Waals surface area contributed by atoms with Crippen LogP contribution in [0.1, 0.15) is 33.1 Å². The van der Waals surface area contributed by atoms with Crippen molar-refractivity contribution in [1.29, 1.82) is 0 Å². The van der Waals surface area contributed by atoms with Gasteiger partial charge >= 0.3 is 0 Å². The quantitative estimate of drug-likeness (QED) is 0.716. The van der Waals surface area contributed by atoms with Crippen LogP contribution in [0.4, 0.5) is 0 Å². The molecule has 2 N–H and O–H groups in total. The van der Waals surface area contributed by atoms with Gasteiger partial charge in [0.15, 0.2) is 0 Å².